The fraction of sp³-hybridized carbons (Fsp3) is 0.800. The van der Waals surface area contributed by atoms with E-state index in [1.54, 1.807) is 11.3 Å². The summed E-state index contributed by atoms with van der Waals surface area (Å²) in [6.45, 7) is 8.78. The summed E-state index contributed by atoms with van der Waals surface area (Å²) < 4.78 is 0. The number of hydrogen-bond acceptors (Lipinski definition) is 5. The van der Waals surface area contributed by atoms with Crippen LogP contribution in [-0.2, 0) is 6.42 Å². The topological polar surface area (TPSA) is 55.8 Å². The van der Waals surface area contributed by atoms with Crippen LogP contribution in [0.1, 0.15) is 42.8 Å². The standard InChI is InChI=1S/C20H36N6S.HI/c1-17-24-18(15-27-17)7-10-22-19(21-2)23-16-20(8-13-25(3)14-9-20)26-11-5-4-6-12-26;/h15H,4-14,16H2,1-3H3,(H2,21,22,23);1H. The molecular formula is C20H37IN6S. The summed E-state index contributed by atoms with van der Waals surface area (Å²) in [6.07, 6.45) is 7.50. The van der Waals surface area contributed by atoms with Crippen molar-refractivity contribution in [1.29, 1.82) is 0 Å². The molecule has 2 fully saturated rings. The number of guanidine groups is 1. The Morgan fingerprint density at radius 3 is 2.50 bits per heavy atom. The van der Waals surface area contributed by atoms with E-state index in [4.69, 9.17) is 0 Å². The van der Waals surface area contributed by atoms with E-state index in [-0.39, 0.29) is 29.5 Å². The smallest absolute Gasteiger partial charge is 0.191 e. The second-order valence-corrected chi connectivity index (χ2v) is 9.10. The first-order valence-corrected chi connectivity index (χ1v) is 11.3. The second-order valence-electron chi connectivity index (χ2n) is 8.04. The molecule has 2 aliphatic rings. The predicted octanol–water partition coefficient (Wildman–Crippen LogP) is 2.73. The van der Waals surface area contributed by atoms with Gasteiger partial charge in [-0.1, -0.05) is 6.42 Å². The lowest BCUT2D eigenvalue weighted by molar-refractivity contribution is 0.0173. The first-order valence-electron chi connectivity index (χ1n) is 10.4. The molecule has 0 unspecified atom stereocenters. The fourth-order valence-corrected chi connectivity index (χ4v) is 4.96. The molecule has 3 rings (SSSR count). The van der Waals surface area contributed by atoms with Crippen LogP contribution in [0.4, 0.5) is 0 Å². The van der Waals surface area contributed by atoms with Crippen molar-refractivity contribution in [3.8, 4) is 0 Å². The van der Waals surface area contributed by atoms with Crippen molar-refractivity contribution in [2.24, 2.45) is 4.99 Å². The summed E-state index contributed by atoms with van der Waals surface area (Å²) in [7, 11) is 4.11. The Bertz CT molecular complexity index is 606. The van der Waals surface area contributed by atoms with E-state index in [9.17, 15) is 0 Å². The summed E-state index contributed by atoms with van der Waals surface area (Å²) in [5.74, 6) is 0.914. The van der Waals surface area contributed by atoms with Crippen molar-refractivity contribution in [2.75, 3.05) is 53.4 Å². The maximum atomic E-state index is 4.54. The molecule has 8 heteroatoms. The van der Waals surface area contributed by atoms with Gasteiger partial charge in [-0.15, -0.1) is 35.3 Å². The monoisotopic (exact) mass is 520 g/mol. The van der Waals surface area contributed by atoms with Crippen LogP contribution in [0.25, 0.3) is 0 Å². The zero-order chi connectivity index (χ0) is 19.1. The van der Waals surface area contributed by atoms with Gasteiger partial charge in [0.1, 0.15) is 0 Å². The number of nitrogens with one attached hydrogen (secondary N) is 2. The number of piperidine rings is 2. The maximum absolute atomic E-state index is 4.54. The minimum Gasteiger partial charge on any atom is -0.356 e. The van der Waals surface area contributed by atoms with E-state index in [1.165, 1.54) is 64.0 Å². The molecule has 0 bridgehead atoms. The number of nitrogens with zero attached hydrogens (tertiary/aromatic N) is 4. The van der Waals surface area contributed by atoms with Crippen molar-refractivity contribution in [3.63, 3.8) is 0 Å². The van der Waals surface area contributed by atoms with Crippen molar-refractivity contribution in [3.05, 3.63) is 16.1 Å². The third-order valence-corrected chi connectivity index (χ3v) is 6.92. The van der Waals surface area contributed by atoms with Crippen molar-refractivity contribution < 1.29 is 0 Å². The van der Waals surface area contributed by atoms with Crippen LogP contribution >= 0.6 is 35.3 Å². The first-order chi connectivity index (χ1) is 13.1. The number of hydrogen-bond donors (Lipinski definition) is 2. The third kappa shape index (κ3) is 6.53. The highest BCUT2D eigenvalue weighted by molar-refractivity contribution is 14.0. The van der Waals surface area contributed by atoms with Crippen molar-refractivity contribution in [2.45, 2.75) is 51.0 Å². The predicted molar refractivity (Wildman–Crippen MR) is 130 cm³/mol. The molecule has 1 aromatic heterocycles. The molecular weight excluding hydrogens is 483 g/mol. The van der Waals surface area contributed by atoms with Crippen LogP contribution in [0.3, 0.4) is 0 Å². The van der Waals surface area contributed by atoms with E-state index in [0.717, 1.165) is 30.5 Å². The van der Waals surface area contributed by atoms with Gasteiger partial charge in [0.25, 0.3) is 0 Å². The van der Waals surface area contributed by atoms with Crippen LogP contribution in [0, 0.1) is 6.92 Å². The van der Waals surface area contributed by atoms with Crippen molar-refractivity contribution >= 4 is 41.3 Å². The Morgan fingerprint density at radius 1 is 1.18 bits per heavy atom. The SMILES string of the molecule is CN=C(NCCc1csc(C)n1)NCC1(N2CCCCC2)CCN(C)CC1.I. The van der Waals surface area contributed by atoms with Gasteiger partial charge in [0.05, 0.1) is 10.7 Å². The summed E-state index contributed by atoms with van der Waals surface area (Å²) in [5.41, 5.74) is 1.44. The number of halogens is 1. The highest BCUT2D eigenvalue weighted by atomic mass is 127. The minimum atomic E-state index is 0. The quantitative estimate of drug-likeness (QED) is 0.343. The molecule has 28 heavy (non-hydrogen) atoms. The Balaban J connectivity index is 0.00000280. The molecule has 0 saturated carbocycles. The lowest BCUT2D eigenvalue weighted by atomic mass is 9.84. The number of thiazole rings is 1. The van der Waals surface area contributed by atoms with Crippen LogP contribution in [-0.4, -0.2) is 79.6 Å². The summed E-state index contributed by atoms with van der Waals surface area (Å²) >= 11 is 1.72. The normalized spacial score (nSPS) is 21.2. The molecule has 3 heterocycles. The Morgan fingerprint density at radius 2 is 1.89 bits per heavy atom. The van der Waals surface area contributed by atoms with Gasteiger partial charge in [-0.2, -0.15) is 0 Å². The zero-order valence-electron chi connectivity index (χ0n) is 17.7. The van der Waals surface area contributed by atoms with Gasteiger partial charge in [-0.05, 0) is 65.8 Å². The Hall–Kier alpha value is -0.450. The second kappa shape index (κ2) is 11.7. The van der Waals surface area contributed by atoms with Gasteiger partial charge in [-0.25, -0.2) is 4.98 Å². The van der Waals surface area contributed by atoms with Gasteiger partial charge < -0.3 is 15.5 Å². The zero-order valence-corrected chi connectivity index (χ0v) is 20.8. The highest BCUT2D eigenvalue weighted by Crippen LogP contribution is 2.30. The molecule has 2 aliphatic heterocycles. The molecule has 0 atom stereocenters. The van der Waals surface area contributed by atoms with Crippen molar-refractivity contribution in [1.82, 2.24) is 25.4 Å². The van der Waals surface area contributed by atoms with E-state index < -0.39 is 0 Å². The molecule has 160 valence electrons. The van der Waals surface area contributed by atoms with E-state index in [2.05, 4.69) is 49.8 Å². The number of aryl methyl sites for hydroxylation is 1. The van der Waals surface area contributed by atoms with Gasteiger partial charge in [0.15, 0.2) is 5.96 Å². The lowest BCUT2D eigenvalue weighted by Crippen LogP contribution is -2.62. The van der Waals surface area contributed by atoms with E-state index >= 15 is 0 Å². The fourth-order valence-electron chi connectivity index (χ4n) is 4.31. The summed E-state index contributed by atoms with van der Waals surface area (Å²) in [6, 6.07) is 0. The van der Waals surface area contributed by atoms with Gasteiger partial charge in [0, 0.05) is 37.5 Å². The Kier molecular flexibility index (Phi) is 9.92. The number of rotatable bonds is 6. The summed E-state index contributed by atoms with van der Waals surface area (Å²) in [4.78, 5) is 14.2. The molecule has 0 aromatic carbocycles. The number of aliphatic imine (C=N–C) groups is 1. The molecule has 2 saturated heterocycles. The van der Waals surface area contributed by atoms with Crippen LogP contribution in [0.5, 0.6) is 0 Å². The lowest BCUT2D eigenvalue weighted by Gasteiger charge is -2.50. The molecule has 2 N–H and O–H groups in total. The van der Waals surface area contributed by atoms with E-state index in [1.807, 2.05) is 7.05 Å². The molecule has 6 nitrogen and oxygen atoms in total. The van der Waals surface area contributed by atoms with Gasteiger partial charge in [-0.3, -0.25) is 9.89 Å². The number of aromatic nitrogens is 1. The first kappa shape index (κ1) is 23.8. The average Bonchev–Trinajstić information content (AvgIpc) is 3.12. The largest absolute Gasteiger partial charge is 0.356 e. The molecule has 0 aliphatic carbocycles. The average molecular weight is 521 g/mol. The molecule has 0 amide bonds. The molecule has 0 radical (unpaired) electrons. The van der Waals surface area contributed by atoms with E-state index in [0.29, 0.717) is 0 Å². The molecule has 1 aromatic rings. The van der Waals surface area contributed by atoms with Gasteiger partial charge in [0.2, 0.25) is 0 Å². The van der Waals surface area contributed by atoms with Crippen LogP contribution in [0.15, 0.2) is 10.4 Å². The van der Waals surface area contributed by atoms with Crippen LogP contribution < -0.4 is 10.6 Å². The summed E-state index contributed by atoms with van der Waals surface area (Å²) in [5, 5.41) is 10.4. The maximum Gasteiger partial charge on any atom is 0.191 e. The molecule has 0 spiro atoms. The Labute approximate surface area is 191 Å². The number of likely N-dealkylation sites (tertiary alicyclic amines) is 2. The highest BCUT2D eigenvalue weighted by Gasteiger charge is 2.39. The third-order valence-electron chi connectivity index (χ3n) is 6.09. The van der Waals surface area contributed by atoms with Gasteiger partial charge >= 0.3 is 0 Å². The minimum absolute atomic E-state index is 0. The van der Waals surface area contributed by atoms with Crippen LogP contribution in [0.2, 0.25) is 0 Å².